The standard InChI is InChI=1S/C21H36N6O4/c1-2-31-19(29)14-27(16-8-4-3-5-9-16)20(30)17(22)11-18(28)25-12-15-7-6-10-26(13-15)21(23)24/h3-4,15-17H,2,5-14,22H2,1H3,(H3,23,24)(H,25,28)/t15-,16-,17-/m0/s1. The Hall–Kier alpha value is -2.62. The molecule has 0 spiro atoms. The van der Waals surface area contributed by atoms with Gasteiger partial charge in [0, 0.05) is 25.7 Å². The molecule has 0 radical (unpaired) electrons. The number of guanidine groups is 1. The SMILES string of the molecule is CCOC(=O)CN(C(=O)[C@@H](N)CC(=O)NC[C@@H]1CCCN(C(=N)N)C1)[C@H]1CC=CCC1. The fraction of sp³-hybridized carbons (Fsp3) is 0.714. The highest BCUT2D eigenvalue weighted by Gasteiger charge is 2.31. The van der Waals surface area contributed by atoms with Crippen molar-refractivity contribution in [3.63, 3.8) is 0 Å². The second-order valence-electron chi connectivity index (χ2n) is 8.16. The minimum Gasteiger partial charge on any atom is -0.465 e. The number of allylic oxidation sites excluding steroid dienone is 1. The van der Waals surface area contributed by atoms with Crippen LogP contribution in [0.15, 0.2) is 12.2 Å². The van der Waals surface area contributed by atoms with Crippen molar-refractivity contribution in [1.82, 2.24) is 15.1 Å². The van der Waals surface area contributed by atoms with Crippen LogP contribution in [0.4, 0.5) is 0 Å². The Morgan fingerprint density at radius 3 is 2.74 bits per heavy atom. The quantitative estimate of drug-likeness (QED) is 0.171. The van der Waals surface area contributed by atoms with Crippen molar-refractivity contribution >= 4 is 23.7 Å². The van der Waals surface area contributed by atoms with Crippen molar-refractivity contribution in [2.24, 2.45) is 17.4 Å². The lowest BCUT2D eigenvalue weighted by Gasteiger charge is -2.34. The van der Waals surface area contributed by atoms with Crippen molar-refractivity contribution < 1.29 is 19.1 Å². The average Bonchev–Trinajstić information content (AvgIpc) is 2.76. The van der Waals surface area contributed by atoms with Crippen molar-refractivity contribution in [1.29, 1.82) is 5.41 Å². The van der Waals surface area contributed by atoms with Crippen molar-refractivity contribution in [3.05, 3.63) is 12.2 Å². The van der Waals surface area contributed by atoms with Gasteiger partial charge in [0.15, 0.2) is 5.96 Å². The number of nitrogens with two attached hydrogens (primary N) is 2. The predicted octanol–water partition coefficient (Wildman–Crippen LogP) is -0.0741. The molecule has 6 N–H and O–H groups in total. The molecule has 0 unspecified atom stereocenters. The third-order valence-electron chi connectivity index (χ3n) is 5.74. The molecule has 2 amide bonds. The molecule has 1 heterocycles. The van der Waals surface area contributed by atoms with Crippen LogP contribution >= 0.6 is 0 Å². The van der Waals surface area contributed by atoms with E-state index in [4.69, 9.17) is 21.6 Å². The Morgan fingerprint density at radius 1 is 1.32 bits per heavy atom. The molecule has 0 saturated carbocycles. The fourth-order valence-corrected chi connectivity index (χ4v) is 4.07. The van der Waals surface area contributed by atoms with Crippen LogP contribution in [0.1, 0.15) is 45.4 Å². The molecule has 0 aromatic carbocycles. The summed E-state index contributed by atoms with van der Waals surface area (Å²) in [5, 5.41) is 10.4. The number of amides is 2. The minimum atomic E-state index is -1.03. The first-order valence-corrected chi connectivity index (χ1v) is 11.0. The van der Waals surface area contributed by atoms with Crippen LogP contribution in [-0.2, 0) is 19.1 Å². The second-order valence-corrected chi connectivity index (χ2v) is 8.16. The molecule has 31 heavy (non-hydrogen) atoms. The van der Waals surface area contributed by atoms with E-state index >= 15 is 0 Å². The number of nitrogens with one attached hydrogen (secondary N) is 2. The van der Waals surface area contributed by atoms with Gasteiger partial charge in [0.05, 0.1) is 19.1 Å². The van der Waals surface area contributed by atoms with Gasteiger partial charge in [0.2, 0.25) is 11.8 Å². The molecule has 0 aromatic rings. The summed E-state index contributed by atoms with van der Waals surface area (Å²) in [7, 11) is 0. The Morgan fingerprint density at radius 2 is 2.10 bits per heavy atom. The van der Waals surface area contributed by atoms with E-state index in [1.165, 1.54) is 4.90 Å². The molecule has 2 aliphatic rings. The Kier molecular flexibility index (Phi) is 9.77. The molecule has 1 aliphatic heterocycles. The average molecular weight is 437 g/mol. The van der Waals surface area contributed by atoms with E-state index in [-0.39, 0.29) is 43.4 Å². The van der Waals surface area contributed by atoms with E-state index in [1.807, 2.05) is 6.08 Å². The molecular formula is C21H36N6O4. The van der Waals surface area contributed by atoms with E-state index < -0.39 is 17.9 Å². The van der Waals surface area contributed by atoms with E-state index in [1.54, 1.807) is 11.8 Å². The molecule has 10 nitrogen and oxygen atoms in total. The van der Waals surface area contributed by atoms with Crippen LogP contribution in [0.2, 0.25) is 0 Å². The number of ether oxygens (including phenoxy) is 1. The number of hydrogen-bond acceptors (Lipinski definition) is 6. The molecule has 3 atom stereocenters. The largest absolute Gasteiger partial charge is 0.465 e. The van der Waals surface area contributed by atoms with Gasteiger partial charge in [-0.05, 0) is 44.9 Å². The van der Waals surface area contributed by atoms with Crippen molar-refractivity contribution in [2.75, 3.05) is 32.8 Å². The second kappa shape index (κ2) is 12.3. The van der Waals surface area contributed by atoms with Gasteiger partial charge in [-0.2, -0.15) is 0 Å². The Labute approximate surface area is 183 Å². The number of carbonyl (C=O) groups excluding carboxylic acids is 3. The number of rotatable bonds is 9. The fourth-order valence-electron chi connectivity index (χ4n) is 4.07. The highest BCUT2D eigenvalue weighted by atomic mass is 16.5. The zero-order valence-electron chi connectivity index (χ0n) is 18.3. The smallest absolute Gasteiger partial charge is 0.325 e. The summed E-state index contributed by atoms with van der Waals surface area (Å²) in [5.74, 6) is -0.954. The molecule has 0 bridgehead atoms. The van der Waals surface area contributed by atoms with Crippen LogP contribution in [0, 0.1) is 11.3 Å². The highest BCUT2D eigenvalue weighted by Crippen LogP contribution is 2.19. The Balaban J connectivity index is 1.88. The lowest BCUT2D eigenvalue weighted by atomic mass is 9.98. The van der Waals surface area contributed by atoms with Crippen LogP contribution < -0.4 is 16.8 Å². The Bertz CT molecular complexity index is 683. The van der Waals surface area contributed by atoms with Gasteiger partial charge >= 0.3 is 5.97 Å². The van der Waals surface area contributed by atoms with E-state index in [0.717, 1.165) is 32.2 Å². The maximum atomic E-state index is 13.0. The van der Waals surface area contributed by atoms with Crippen LogP contribution in [0.25, 0.3) is 0 Å². The summed E-state index contributed by atoms with van der Waals surface area (Å²) < 4.78 is 5.01. The minimum absolute atomic E-state index is 0.0443. The summed E-state index contributed by atoms with van der Waals surface area (Å²) in [4.78, 5) is 40.7. The first-order chi connectivity index (χ1) is 14.8. The van der Waals surface area contributed by atoms with Gasteiger partial charge in [-0.25, -0.2) is 0 Å². The zero-order valence-corrected chi connectivity index (χ0v) is 18.3. The van der Waals surface area contributed by atoms with Crippen LogP contribution in [0.5, 0.6) is 0 Å². The maximum Gasteiger partial charge on any atom is 0.325 e. The number of likely N-dealkylation sites (tertiary alicyclic amines) is 1. The summed E-state index contributed by atoms with van der Waals surface area (Å²) in [6.07, 6.45) is 7.97. The monoisotopic (exact) mass is 436 g/mol. The number of nitrogens with zero attached hydrogens (tertiary/aromatic N) is 2. The molecule has 174 valence electrons. The summed E-state index contributed by atoms with van der Waals surface area (Å²) in [6.45, 7) is 3.62. The number of esters is 1. The first kappa shape index (κ1) is 24.6. The van der Waals surface area contributed by atoms with Crippen LogP contribution in [-0.4, -0.2) is 78.4 Å². The highest BCUT2D eigenvalue weighted by molar-refractivity contribution is 5.90. The lowest BCUT2D eigenvalue weighted by Crippen LogP contribution is -2.52. The normalized spacial score (nSPS) is 21.8. The van der Waals surface area contributed by atoms with E-state index in [2.05, 4.69) is 11.4 Å². The van der Waals surface area contributed by atoms with Crippen LogP contribution in [0.3, 0.4) is 0 Å². The van der Waals surface area contributed by atoms with Crippen molar-refractivity contribution in [3.8, 4) is 0 Å². The maximum absolute atomic E-state index is 13.0. The lowest BCUT2D eigenvalue weighted by molar-refractivity contribution is -0.151. The topological polar surface area (TPSA) is 155 Å². The van der Waals surface area contributed by atoms with Gasteiger partial charge in [-0.15, -0.1) is 0 Å². The molecule has 1 aliphatic carbocycles. The summed E-state index contributed by atoms with van der Waals surface area (Å²) >= 11 is 0. The van der Waals surface area contributed by atoms with Gasteiger partial charge in [0.25, 0.3) is 0 Å². The van der Waals surface area contributed by atoms with E-state index in [0.29, 0.717) is 19.5 Å². The number of piperidine rings is 1. The van der Waals surface area contributed by atoms with Gasteiger partial charge in [0.1, 0.15) is 6.54 Å². The van der Waals surface area contributed by atoms with E-state index in [9.17, 15) is 14.4 Å². The number of hydrogen-bond donors (Lipinski definition) is 4. The zero-order chi connectivity index (χ0) is 22.8. The molecule has 2 rings (SSSR count). The third kappa shape index (κ3) is 7.86. The number of carbonyl (C=O) groups is 3. The summed E-state index contributed by atoms with van der Waals surface area (Å²) in [6, 6.07) is -1.16. The molecule has 10 heteroatoms. The van der Waals surface area contributed by atoms with Crippen molar-refractivity contribution in [2.45, 2.75) is 57.5 Å². The van der Waals surface area contributed by atoms with Gasteiger partial charge in [-0.3, -0.25) is 19.8 Å². The van der Waals surface area contributed by atoms with Gasteiger partial charge < -0.3 is 31.3 Å². The molecule has 0 aromatic heterocycles. The first-order valence-electron chi connectivity index (χ1n) is 11.0. The third-order valence-corrected chi connectivity index (χ3v) is 5.74. The summed E-state index contributed by atoms with van der Waals surface area (Å²) in [5.41, 5.74) is 11.6. The predicted molar refractivity (Wildman–Crippen MR) is 117 cm³/mol. The molecule has 1 fully saturated rings. The molecule has 1 saturated heterocycles. The molecular weight excluding hydrogens is 400 g/mol. The van der Waals surface area contributed by atoms with Gasteiger partial charge in [-0.1, -0.05) is 12.2 Å².